The Kier molecular flexibility index (Phi) is 9.47. The van der Waals surface area contributed by atoms with Gasteiger partial charge in [-0.15, -0.1) is 0 Å². The van der Waals surface area contributed by atoms with Crippen molar-refractivity contribution in [3.63, 3.8) is 0 Å². The minimum absolute atomic E-state index is 0.0362. The van der Waals surface area contributed by atoms with Crippen LogP contribution in [0.15, 0.2) is 29.2 Å². The summed E-state index contributed by atoms with van der Waals surface area (Å²) in [5, 5.41) is 10.0. The normalized spacial score (nSPS) is 21.1. The predicted octanol–water partition coefficient (Wildman–Crippen LogP) is 5.36. The first-order chi connectivity index (χ1) is 16.7. The highest BCUT2D eigenvalue weighted by atomic mass is 32.2. The first-order valence-electron chi connectivity index (χ1n) is 12.6. The maximum Gasteiger partial charge on any atom is 0.409 e. The second-order valence-electron chi connectivity index (χ2n) is 12.3. The molecule has 9 nitrogen and oxygen atoms in total. The summed E-state index contributed by atoms with van der Waals surface area (Å²) in [6.07, 6.45) is -1.01. The lowest BCUT2D eigenvalue weighted by molar-refractivity contribution is -0.155. The van der Waals surface area contributed by atoms with Crippen molar-refractivity contribution >= 4 is 22.2 Å². The molecule has 0 aromatic heterocycles. The van der Waals surface area contributed by atoms with Gasteiger partial charge < -0.3 is 14.6 Å². The van der Waals surface area contributed by atoms with E-state index in [-0.39, 0.29) is 30.8 Å². The lowest BCUT2D eigenvalue weighted by atomic mass is 9.81. The lowest BCUT2D eigenvalue weighted by Gasteiger charge is -2.35. The zero-order chi connectivity index (χ0) is 28.4. The molecule has 1 aromatic carbocycles. The molecular formula is C27H43NO8S. The van der Waals surface area contributed by atoms with Crippen LogP contribution in [0.25, 0.3) is 0 Å². The highest BCUT2D eigenvalue weighted by Crippen LogP contribution is 2.43. The number of carboxylic acid groups (broad SMARTS) is 1. The standard InChI is InChI=1S/C27H43NO8S/c1-18-10-13-20(14-11-18)37(32,33)34-17-19(12-15-22(29)35-26(5,6)7)16-21-23(25(2,3)4)36-27(8,9)28(21)24(30)31/h10-11,13-14,19,21,23H,12,15-17H2,1-9H3,(H,30,31)/t19-,21?,23?/m0/s1. The van der Waals surface area contributed by atoms with Crippen LogP contribution in [0, 0.1) is 18.3 Å². The van der Waals surface area contributed by atoms with Crippen molar-refractivity contribution < 1.29 is 36.8 Å². The number of hydrogen-bond donors (Lipinski definition) is 1. The summed E-state index contributed by atoms with van der Waals surface area (Å²) in [7, 11) is -4.05. The highest BCUT2D eigenvalue weighted by Gasteiger charge is 2.54. The van der Waals surface area contributed by atoms with Crippen molar-refractivity contribution in [3.8, 4) is 0 Å². The quantitative estimate of drug-likeness (QED) is 0.328. The largest absolute Gasteiger partial charge is 0.465 e. The van der Waals surface area contributed by atoms with E-state index in [1.54, 1.807) is 46.8 Å². The first kappa shape index (κ1) is 31.1. The van der Waals surface area contributed by atoms with Crippen LogP contribution in [0.1, 0.15) is 80.2 Å². The second kappa shape index (κ2) is 11.3. The van der Waals surface area contributed by atoms with E-state index in [1.165, 1.54) is 17.0 Å². The van der Waals surface area contributed by atoms with Crippen LogP contribution in [0.5, 0.6) is 0 Å². The van der Waals surface area contributed by atoms with Gasteiger partial charge in [0.2, 0.25) is 0 Å². The number of esters is 1. The molecule has 0 radical (unpaired) electrons. The molecule has 1 aliphatic heterocycles. The van der Waals surface area contributed by atoms with Gasteiger partial charge in [0.25, 0.3) is 10.1 Å². The number of ether oxygens (including phenoxy) is 2. The Morgan fingerprint density at radius 2 is 1.68 bits per heavy atom. The summed E-state index contributed by atoms with van der Waals surface area (Å²) >= 11 is 0. The fourth-order valence-corrected chi connectivity index (χ4v) is 5.60. The number of carbonyl (C=O) groups excluding carboxylic acids is 1. The van der Waals surface area contributed by atoms with Gasteiger partial charge in [-0.3, -0.25) is 13.9 Å². The summed E-state index contributed by atoms with van der Waals surface area (Å²) in [6.45, 7) is 16.3. The SMILES string of the molecule is Cc1ccc(S(=O)(=O)OC[C@@H](CCC(=O)OC(C)(C)C)CC2C(C(C)(C)C)OC(C)(C)N2C(=O)O)cc1. The van der Waals surface area contributed by atoms with Crippen LogP contribution in [-0.4, -0.2) is 60.6 Å². The summed E-state index contributed by atoms with van der Waals surface area (Å²) in [5.41, 5.74) is -1.20. The summed E-state index contributed by atoms with van der Waals surface area (Å²) in [4.78, 5) is 26.0. The molecule has 37 heavy (non-hydrogen) atoms. The van der Waals surface area contributed by atoms with E-state index in [0.717, 1.165) is 5.56 Å². The lowest BCUT2D eigenvalue weighted by Crippen LogP contribution is -2.49. The number of nitrogens with zero attached hydrogens (tertiary/aromatic N) is 1. The van der Waals surface area contributed by atoms with Crippen molar-refractivity contribution in [3.05, 3.63) is 29.8 Å². The molecule has 1 amide bonds. The minimum atomic E-state index is -4.05. The summed E-state index contributed by atoms with van der Waals surface area (Å²) in [5.74, 6) is -0.869. The van der Waals surface area contributed by atoms with E-state index < -0.39 is 57.0 Å². The Hall–Kier alpha value is -2.17. The van der Waals surface area contributed by atoms with Gasteiger partial charge in [-0.25, -0.2) is 4.79 Å². The molecule has 1 N–H and O–H groups in total. The van der Waals surface area contributed by atoms with Crippen molar-refractivity contribution in [2.24, 2.45) is 11.3 Å². The van der Waals surface area contributed by atoms with Gasteiger partial charge in [0.05, 0.1) is 23.6 Å². The average Bonchev–Trinajstić information content (AvgIpc) is 2.99. The van der Waals surface area contributed by atoms with Gasteiger partial charge >= 0.3 is 12.1 Å². The zero-order valence-electron chi connectivity index (χ0n) is 23.5. The molecule has 2 unspecified atom stereocenters. The van der Waals surface area contributed by atoms with Gasteiger partial charge in [0.15, 0.2) is 0 Å². The van der Waals surface area contributed by atoms with E-state index in [1.807, 2.05) is 27.7 Å². The van der Waals surface area contributed by atoms with E-state index >= 15 is 0 Å². The van der Waals surface area contributed by atoms with E-state index in [9.17, 15) is 23.1 Å². The molecule has 0 bridgehead atoms. The fraction of sp³-hybridized carbons (Fsp3) is 0.704. The molecule has 1 fully saturated rings. The summed E-state index contributed by atoms with van der Waals surface area (Å²) in [6, 6.07) is 5.77. The van der Waals surface area contributed by atoms with Crippen molar-refractivity contribution in [1.29, 1.82) is 0 Å². The molecule has 0 aliphatic carbocycles. The number of aryl methyl sites for hydroxylation is 1. The van der Waals surface area contributed by atoms with E-state index in [2.05, 4.69) is 0 Å². The van der Waals surface area contributed by atoms with Crippen molar-refractivity contribution in [2.75, 3.05) is 6.61 Å². The van der Waals surface area contributed by atoms with E-state index in [0.29, 0.717) is 0 Å². The van der Waals surface area contributed by atoms with Crippen LogP contribution in [-0.2, 0) is 28.6 Å². The summed E-state index contributed by atoms with van der Waals surface area (Å²) < 4.78 is 42.8. The molecule has 1 heterocycles. The van der Waals surface area contributed by atoms with Gasteiger partial charge in [0.1, 0.15) is 11.3 Å². The average molecular weight is 542 g/mol. The molecule has 2 rings (SSSR count). The molecular weight excluding hydrogens is 498 g/mol. The van der Waals surface area contributed by atoms with Gasteiger partial charge in [-0.2, -0.15) is 8.42 Å². The Labute approximate surface area is 221 Å². The zero-order valence-corrected chi connectivity index (χ0v) is 24.3. The Morgan fingerprint density at radius 3 is 2.16 bits per heavy atom. The molecule has 0 saturated carbocycles. The Balaban J connectivity index is 2.31. The number of hydrogen-bond acceptors (Lipinski definition) is 7. The number of rotatable bonds is 9. The van der Waals surface area contributed by atoms with Gasteiger partial charge in [-0.1, -0.05) is 38.5 Å². The van der Waals surface area contributed by atoms with Crippen molar-refractivity contribution in [1.82, 2.24) is 4.90 Å². The first-order valence-corrected chi connectivity index (χ1v) is 14.0. The van der Waals surface area contributed by atoms with Crippen LogP contribution in [0.3, 0.4) is 0 Å². The molecule has 1 aliphatic rings. The molecule has 210 valence electrons. The monoisotopic (exact) mass is 541 g/mol. The molecule has 10 heteroatoms. The Bertz CT molecular complexity index is 1050. The van der Waals surface area contributed by atoms with Crippen LogP contribution in [0.4, 0.5) is 4.79 Å². The predicted molar refractivity (Wildman–Crippen MR) is 140 cm³/mol. The molecule has 1 saturated heterocycles. The van der Waals surface area contributed by atoms with Gasteiger partial charge in [0, 0.05) is 6.42 Å². The maximum atomic E-state index is 12.9. The van der Waals surface area contributed by atoms with Crippen LogP contribution < -0.4 is 0 Å². The maximum absolute atomic E-state index is 12.9. The smallest absolute Gasteiger partial charge is 0.409 e. The number of carbonyl (C=O) groups is 2. The third kappa shape index (κ3) is 8.68. The van der Waals surface area contributed by atoms with Crippen LogP contribution >= 0.6 is 0 Å². The third-order valence-corrected chi connectivity index (χ3v) is 7.55. The fourth-order valence-electron chi connectivity index (χ4n) is 4.62. The molecule has 3 atom stereocenters. The topological polar surface area (TPSA) is 119 Å². The highest BCUT2D eigenvalue weighted by molar-refractivity contribution is 7.86. The number of benzene rings is 1. The molecule has 1 aromatic rings. The van der Waals surface area contributed by atoms with Crippen molar-refractivity contribution in [2.45, 2.75) is 110 Å². The third-order valence-electron chi connectivity index (χ3n) is 6.26. The van der Waals surface area contributed by atoms with Crippen LogP contribution in [0.2, 0.25) is 0 Å². The molecule has 0 spiro atoms. The number of amides is 1. The minimum Gasteiger partial charge on any atom is -0.465 e. The van der Waals surface area contributed by atoms with E-state index in [4.69, 9.17) is 13.7 Å². The van der Waals surface area contributed by atoms with Gasteiger partial charge in [-0.05, 0) is 77.8 Å². The Morgan fingerprint density at radius 1 is 1.11 bits per heavy atom. The second-order valence-corrected chi connectivity index (χ2v) is 14.0.